The second-order valence-corrected chi connectivity index (χ2v) is 4.42. The Balaban J connectivity index is 2.37. The molecule has 0 aliphatic carbocycles. The van der Waals surface area contributed by atoms with Gasteiger partial charge in [-0.05, 0) is 39.3 Å². The van der Waals surface area contributed by atoms with Crippen LogP contribution in [0.15, 0.2) is 0 Å². The van der Waals surface area contributed by atoms with Crippen molar-refractivity contribution in [2.45, 2.75) is 32.7 Å². The number of carbonyl (C=O) groups excluding carboxylic acids is 1. The molecular formula is C11H22N2O. The third kappa shape index (κ3) is 3.07. The fourth-order valence-electron chi connectivity index (χ4n) is 2.26. The first kappa shape index (κ1) is 11.7. The minimum Gasteiger partial charge on any atom is -0.320 e. The Morgan fingerprint density at radius 1 is 1.57 bits per heavy atom. The molecule has 0 bridgehead atoms. The number of carbonyl (C=O) groups is 1. The fraction of sp³-hybridized carbons (Fsp3) is 0.909. The Morgan fingerprint density at radius 2 is 2.29 bits per heavy atom. The van der Waals surface area contributed by atoms with E-state index in [0.29, 0.717) is 11.7 Å². The number of nitrogens with zero attached hydrogens (tertiary/aromatic N) is 1. The van der Waals surface area contributed by atoms with Crippen LogP contribution in [-0.2, 0) is 4.79 Å². The molecule has 82 valence electrons. The third-order valence-corrected chi connectivity index (χ3v) is 2.95. The molecular weight excluding hydrogens is 176 g/mol. The molecule has 1 rings (SSSR count). The van der Waals surface area contributed by atoms with Crippen LogP contribution < -0.4 is 5.32 Å². The van der Waals surface area contributed by atoms with Crippen LogP contribution in [0.2, 0.25) is 0 Å². The maximum absolute atomic E-state index is 11.4. The lowest BCUT2D eigenvalue weighted by molar-refractivity contribution is -0.121. The Morgan fingerprint density at radius 3 is 2.86 bits per heavy atom. The highest BCUT2D eigenvalue weighted by Crippen LogP contribution is 2.23. The van der Waals surface area contributed by atoms with Crippen LogP contribution in [0, 0.1) is 5.92 Å². The van der Waals surface area contributed by atoms with Crippen molar-refractivity contribution >= 4 is 5.78 Å². The first-order valence-corrected chi connectivity index (χ1v) is 5.54. The highest BCUT2D eigenvalue weighted by atomic mass is 16.1. The zero-order valence-corrected chi connectivity index (χ0v) is 9.55. The quantitative estimate of drug-likeness (QED) is 0.666. The summed E-state index contributed by atoms with van der Waals surface area (Å²) in [6.45, 7) is 7.13. The molecule has 0 aromatic heterocycles. The van der Waals surface area contributed by atoms with E-state index in [0.717, 1.165) is 32.5 Å². The zero-order valence-electron chi connectivity index (χ0n) is 9.55. The van der Waals surface area contributed by atoms with E-state index < -0.39 is 0 Å². The molecule has 0 aromatic rings. The van der Waals surface area contributed by atoms with Crippen molar-refractivity contribution in [3.05, 3.63) is 0 Å². The van der Waals surface area contributed by atoms with E-state index in [2.05, 4.69) is 17.1 Å². The third-order valence-electron chi connectivity index (χ3n) is 2.95. The number of nitrogens with one attached hydrogen (secondary N) is 1. The lowest BCUT2D eigenvalue weighted by atomic mass is 10.1. The van der Waals surface area contributed by atoms with Gasteiger partial charge in [0.15, 0.2) is 0 Å². The second kappa shape index (κ2) is 5.47. The van der Waals surface area contributed by atoms with Crippen LogP contribution in [0.3, 0.4) is 0 Å². The molecule has 0 saturated carbocycles. The normalized spacial score (nSPS) is 28.2. The Kier molecular flexibility index (Phi) is 4.55. The minimum absolute atomic E-state index is 0.196. The van der Waals surface area contributed by atoms with Crippen molar-refractivity contribution in [1.29, 1.82) is 0 Å². The average Bonchev–Trinajstić information content (AvgIpc) is 2.47. The van der Waals surface area contributed by atoms with E-state index in [4.69, 9.17) is 0 Å². The molecule has 3 heteroatoms. The van der Waals surface area contributed by atoms with Crippen molar-refractivity contribution < 1.29 is 4.79 Å². The van der Waals surface area contributed by atoms with Gasteiger partial charge < -0.3 is 5.32 Å². The Bertz CT molecular complexity index is 194. The average molecular weight is 198 g/mol. The largest absolute Gasteiger partial charge is 0.320 e. The van der Waals surface area contributed by atoms with Crippen molar-refractivity contribution in [3.63, 3.8) is 0 Å². The molecule has 1 aliphatic rings. The summed E-state index contributed by atoms with van der Waals surface area (Å²) < 4.78 is 0. The van der Waals surface area contributed by atoms with Crippen LogP contribution in [0.5, 0.6) is 0 Å². The first-order valence-electron chi connectivity index (χ1n) is 5.54. The van der Waals surface area contributed by atoms with Crippen LogP contribution >= 0.6 is 0 Å². The molecule has 0 spiro atoms. The van der Waals surface area contributed by atoms with Gasteiger partial charge in [0.05, 0.1) is 6.04 Å². The summed E-state index contributed by atoms with van der Waals surface area (Å²) in [6, 6.07) is 0.196. The SMILES string of the molecule is CNCCCN1CC(C)CC1C(C)=O. The smallest absolute Gasteiger partial charge is 0.146 e. The van der Waals surface area contributed by atoms with E-state index in [1.54, 1.807) is 6.92 Å². The van der Waals surface area contributed by atoms with Crippen molar-refractivity contribution in [1.82, 2.24) is 10.2 Å². The van der Waals surface area contributed by atoms with E-state index in [1.165, 1.54) is 0 Å². The number of hydrogen-bond donors (Lipinski definition) is 1. The second-order valence-electron chi connectivity index (χ2n) is 4.42. The summed E-state index contributed by atoms with van der Waals surface area (Å²) in [5.41, 5.74) is 0. The van der Waals surface area contributed by atoms with Crippen LogP contribution in [0.4, 0.5) is 0 Å². The van der Waals surface area contributed by atoms with Crippen molar-refractivity contribution in [2.24, 2.45) is 5.92 Å². The molecule has 1 fully saturated rings. The molecule has 1 aliphatic heterocycles. The number of hydrogen-bond acceptors (Lipinski definition) is 3. The maximum Gasteiger partial charge on any atom is 0.146 e. The molecule has 2 atom stereocenters. The number of rotatable bonds is 5. The van der Waals surface area contributed by atoms with Gasteiger partial charge in [-0.2, -0.15) is 0 Å². The summed E-state index contributed by atoms with van der Waals surface area (Å²) in [6.07, 6.45) is 2.18. The van der Waals surface area contributed by atoms with Crippen molar-refractivity contribution in [2.75, 3.05) is 26.7 Å². The summed E-state index contributed by atoms with van der Waals surface area (Å²) >= 11 is 0. The Labute approximate surface area is 86.9 Å². The van der Waals surface area contributed by atoms with Gasteiger partial charge in [-0.1, -0.05) is 6.92 Å². The molecule has 0 aromatic carbocycles. The summed E-state index contributed by atoms with van der Waals surface area (Å²) in [7, 11) is 1.97. The van der Waals surface area contributed by atoms with E-state index in [-0.39, 0.29) is 6.04 Å². The Hall–Kier alpha value is -0.410. The molecule has 2 unspecified atom stereocenters. The lowest BCUT2D eigenvalue weighted by Crippen LogP contribution is -2.36. The van der Waals surface area contributed by atoms with Gasteiger partial charge in [-0.3, -0.25) is 9.69 Å². The molecule has 1 N–H and O–H groups in total. The number of Topliss-reactive ketones (excluding diaryl/α,β-unsaturated/α-hetero) is 1. The standard InChI is InChI=1S/C11H22N2O/c1-9-7-11(10(2)14)13(8-9)6-4-5-12-3/h9,11-12H,4-8H2,1-3H3. The molecule has 3 nitrogen and oxygen atoms in total. The van der Waals surface area contributed by atoms with Gasteiger partial charge >= 0.3 is 0 Å². The minimum atomic E-state index is 0.196. The first-order chi connectivity index (χ1) is 6.65. The zero-order chi connectivity index (χ0) is 10.6. The molecule has 14 heavy (non-hydrogen) atoms. The summed E-state index contributed by atoms with van der Waals surface area (Å²) in [5, 5.41) is 3.14. The lowest BCUT2D eigenvalue weighted by Gasteiger charge is -2.21. The molecule has 1 heterocycles. The van der Waals surface area contributed by atoms with Gasteiger partial charge in [-0.15, -0.1) is 0 Å². The van der Waals surface area contributed by atoms with Crippen LogP contribution in [0.1, 0.15) is 26.7 Å². The predicted molar refractivity (Wildman–Crippen MR) is 58.4 cm³/mol. The molecule has 0 radical (unpaired) electrons. The number of ketones is 1. The summed E-state index contributed by atoms with van der Waals surface area (Å²) in [5.74, 6) is 1.01. The predicted octanol–water partition coefficient (Wildman–Crippen LogP) is 0.895. The maximum atomic E-state index is 11.4. The van der Waals surface area contributed by atoms with E-state index in [9.17, 15) is 4.79 Å². The van der Waals surface area contributed by atoms with Crippen LogP contribution in [0.25, 0.3) is 0 Å². The van der Waals surface area contributed by atoms with Crippen molar-refractivity contribution in [3.8, 4) is 0 Å². The molecule has 1 saturated heterocycles. The van der Waals surface area contributed by atoms with Crippen LogP contribution in [-0.4, -0.2) is 43.4 Å². The summed E-state index contributed by atoms with van der Waals surface area (Å²) in [4.78, 5) is 13.7. The topological polar surface area (TPSA) is 32.3 Å². The van der Waals surface area contributed by atoms with E-state index in [1.807, 2.05) is 7.05 Å². The van der Waals surface area contributed by atoms with Gasteiger partial charge in [0, 0.05) is 13.1 Å². The van der Waals surface area contributed by atoms with Gasteiger partial charge in [0.25, 0.3) is 0 Å². The van der Waals surface area contributed by atoms with E-state index >= 15 is 0 Å². The molecule has 0 amide bonds. The fourth-order valence-corrected chi connectivity index (χ4v) is 2.26. The van der Waals surface area contributed by atoms with Gasteiger partial charge in [0.1, 0.15) is 5.78 Å². The number of likely N-dealkylation sites (tertiary alicyclic amines) is 1. The van der Waals surface area contributed by atoms with Gasteiger partial charge in [0.2, 0.25) is 0 Å². The highest BCUT2D eigenvalue weighted by molar-refractivity contribution is 5.81. The monoisotopic (exact) mass is 198 g/mol. The highest BCUT2D eigenvalue weighted by Gasteiger charge is 2.31. The van der Waals surface area contributed by atoms with Gasteiger partial charge in [-0.25, -0.2) is 0 Å².